The predicted octanol–water partition coefficient (Wildman–Crippen LogP) is -1.60. The van der Waals surface area contributed by atoms with Gasteiger partial charge in [-0.15, -0.1) is 0 Å². The van der Waals surface area contributed by atoms with Crippen LogP contribution < -0.4 is 10.9 Å². The molecular weight excluding hydrogens is 252 g/mol. The van der Waals surface area contributed by atoms with Gasteiger partial charge in [0.1, 0.15) is 24.4 Å². The zero-order valence-electron chi connectivity index (χ0n) is 10.2. The molecule has 0 amide bonds. The first-order chi connectivity index (χ1) is 9.13. The van der Waals surface area contributed by atoms with Crippen molar-refractivity contribution in [3.8, 4) is 0 Å². The SMILES string of the molecule is OCC1OC(O)C(NNc2ccccc2)C(O)C1O. The van der Waals surface area contributed by atoms with Gasteiger partial charge < -0.3 is 30.6 Å². The number of para-hydroxylation sites is 1. The Bertz CT molecular complexity index is 391. The van der Waals surface area contributed by atoms with E-state index >= 15 is 0 Å². The lowest BCUT2D eigenvalue weighted by Gasteiger charge is -2.40. The molecular formula is C12H18N2O5. The summed E-state index contributed by atoms with van der Waals surface area (Å²) in [6.07, 6.45) is -4.88. The lowest BCUT2D eigenvalue weighted by atomic mass is 9.98. The molecule has 1 fully saturated rings. The molecule has 106 valence electrons. The molecule has 1 aliphatic heterocycles. The molecule has 0 bridgehead atoms. The fraction of sp³-hybridized carbons (Fsp3) is 0.500. The van der Waals surface area contributed by atoms with Crippen LogP contribution in [0.15, 0.2) is 30.3 Å². The summed E-state index contributed by atoms with van der Waals surface area (Å²) in [4.78, 5) is 0. The Balaban J connectivity index is 1.96. The zero-order valence-corrected chi connectivity index (χ0v) is 10.2. The average Bonchev–Trinajstić information content (AvgIpc) is 2.44. The van der Waals surface area contributed by atoms with Gasteiger partial charge in [0, 0.05) is 5.69 Å². The molecule has 1 heterocycles. The number of nitrogens with one attached hydrogen (secondary N) is 2. The topological polar surface area (TPSA) is 114 Å². The Morgan fingerprint density at radius 2 is 1.74 bits per heavy atom. The van der Waals surface area contributed by atoms with E-state index in [9.17, 15) is 15.3 Å². The Morgan fingerprint density at radius 3 is 2.37 bits per heavy atom. The van der Waals surface area contributed by atoms with Gasteiger partial charge >= 0.3 is 0 Å². The van der Waals surface area contributed by atoms with Crippen LogP contribution in [0.25, 0.3) is 0 Å². The van der Waals surface area contributed by atoms with Gasteiger partial charge in [0.25, 0.3) is 0 Å². The maximum absolute atomic E-state index is 9.88. The van der Waals surface area contributed by atoms with Crippen molar-refractivity contribution in [3.63, 3.8) is 0 Å². The van der Waals surface area contributed by atoms with E-state index in [0.29, 0.717) is 0 Å². The summed E-state index contributed by atoms with van der Waals surface area (Å²) in [5, 5.41) is 38.3. The molecule has 0 radical (unpaired) electrons. The second-order valence-electron chi connectivity index (χ2n) is 4.39. The van der Waals surface area contributed by atoms with Gasteiger partial charge in [-0.05, 0) is 12.1 Å². The zero-order chi connectivity index (χ0) is 13.8. The summed E-state index contributed by atoms with van der Waals surface area (Å²) in [5.41, 5.74) is 6.24. The number of ether oxygens (including phenoxy) is 1. The maximum atomic E-state index is 9.88. The van der Waals surface area contributed by atoms with Crippen LogP contribution in [0, 0.1) is 0 Å². The number of rotatable bonds is 4. The molecule has 1 aromatic rings. The molecule has 6 N–H and O–H groups in total. The van der Waals surface area contributed by atoms with Gasteiger partial charge in [0.2, 0.25) is 0 Å². The molecule has 0 saturated carbocycles. The summed E-state index contributed by atoms with van der Waals surface area (Å²) in [5.74, 6) is 0. The van der Waals surface area contributed by atoms with Crippen LogP contribution in [0.2, 0.25) is 0 Å². The first-order valence-corrected chi connectivity index (χ1v) is 6.00. The van der Waals surface area contributed by atoms with E-state index in [-0.39, 0.29) is 0 Å². The summed E-state index contributed by atoms with van der Waals surface area (Å²) < 4.78 is 5.01. The third-order valence-electron chi connectivity index (χ3n) is 3.06. The van der Waals surface area contributed by atoms with Crippen LogP contribution in [0.4, 0.5) is 5.69 Å². The van der Waals surface area contributed by atoms with Crippen molar-refractivity contribution in [1.82, 2.24) is 5.43 Å². The van der Waals surface area contributed by atoms with Crippen molar-refractivity contribution in [1.29, 1.82) is 0 Å². The summed E-state index contributed by atoms with van der Waals surface area (Å²) in [6, 6.07) is 8.17. The lowest BCUT2D eigenvalue weighted by molar-refractivity contribution is -0.253. The highest BCUT2D eigenvalue weighted by molar-refractivity contribution is 5.41. The predicted molar refractivity (Wildman–Crippen MR) is 67.0 cm³/mol. The van der Waals surface area contributed by atoms with E-state index in [1.165, 1.54) is 0 Å². The molecule has 0 spiro atoms. The van der Waals surface area contributed by atoms with Gasteiger partial charge in [-0.2, -0.15) is 0 Å². The molecule has 1 aromatic carbocycles. The fourth-order valence-electron chi connectivity index (χ4n) is 1.94. The third-order valence-corrected chi connectivity index (χ3v) is 3.06. The van der Waals surface area contributed by atoms with Crippen molar-refractivity contribution in [2.45, 2.75) is 30.6 Å². The Hall–Kier alpha value is -1.22. The van der Waals surface area contributed by atoms with Crippen LogP contribution in [0.3, 0.4) is 0 Å². The number of benzene rings is 1. The number of hydrogen-bond acceptors (Lipinski definition) is 7. The minimum absolute atomic E-state index is 0.478. The van der Waals surface area contributed by atoms with Crippen molar-refractivity contribution < 1.29 is 25.2 Å². The van der Waals surface area contributed by atoms with E-state index in [1.54, 1.807) is 12.1 Å². The van der Waals surface area contributed by atoms with Crippen molar-refractivity contribution >= 4 is 5.69 Å². The summed E-state index contributed by atoms with van der Waals surface area (Å²) in [7, 11) is 0. The molecule has 0 aromatic heterocycles. The van der Waals surface area contributed by atoms with Crippen LogP contribution >= 0.6 is 0 Å². The van der Waals surface area contributed by atoms with Crippen LogP contribution in [-0.2, 0) is 4.74 Å². The van der Waals surface area contributed by atoms with Crippen LogP contribution in [0.1, 0.15) is 0 Å². The summed E-state index contributed by atoms with van der Waals surface area (Å²) >= 11 is 0. The van der Waals surface area contributed by atoms with E-state index in [0.717, 1.165) is 5.69 Å². The van der Waals surface area contributed by atoms with E-state index < -0.39 is 37.3 Å². The highest BCUT2D eigenvalue weighted by atomic mass is 16.6. The lowest BCUT2D eigenvalue weighted by Crippen LogP contribution is -2.64. The number of aliphatic hydroxyl groups is 4. The molecule has 1 saturated heterocycles. The van der Waals surface area contributed by atoms with Crippen molar-refractivity contribution in [2.75, 3.05) is 12.0 Å². The maximum Gasteiger partial charge on any atom is 0.175 e. The van der Waals surface area contributed by atoms with E-state index in [2.05, 4.69) is 10.9 Å². The quantitative estimate of drug-likeness (QED) is 0.365. The Kier molecular flexibility index (Phi) is 4.70. The second kappa shape index (κ2) is 6.29. The van der Waals surface area contributed by atoms with Gasteiger partial charge in [0.05, 0.1) is 6.61 Å². The molecule has 7 nitrogen and oxygen atoms in total. The molecule has 5 unspecified atom stereocenters. The highest BCUT2D eigenvalue weighted by Crippen LogP contribution is 2.19. The molecule has 1 aliphatic rings. The molecule has 5 atom stereocenters. The Labute approximate surface area is 110 Å². The Morgan fingerprint density at radius 1 is 1.05 bits per heavy atom. The number of anilines is 1. The van der Waals surface area contributed by atoms with Gasteiger partial charge in [-0.3, -0.25) is 0 Å². The standard InChI is InChI=1S/C12H18N2O5/c15-6-8-10(16)11(17)9(12(18)19-8)14-13-7-4-2-1-3-5-7/h1-5,8-18H,6H2. The fourth-order valence-corrected chi connectivity index (χ4v) is 1.94. The van der Waals surface area contributed by atoms with Crippen LogP contribution in [-0.4, -0.2) is 57.7 Å². The van der Waals surface area contributed by atoms with Crippen molar-refractivity contribution in [3.05, 3.63) is 30.3 Å². The first kappa shape index (κ1) is 14.2. The molecule has 7 heteroatoms. The van der Waals surface area contributed by atoms with Crippen molar-refractivity contribution in [2.24, 2.45) is 0 Å². The minimum Gasteiger partial charge on any atom is -0.394 e. The third kappa shape index (κ3) is 3.21. The molecule has 2 rings (SSSR count). The first-order valence-electron chi connectivity index (χ1n) is 6.00. The van der Waals surface area contributed by atoms with Gasteiger partial charge in [0.15, 0.2) is 6.29 Å². The number of hydrogen-bond donors (Lipinski definition) is 6. The van der Waals surface area contributed by atoms with E-state index in [1.807, 2.05) is 18.2 Å². The smallest absolute Gasteiger partial charge is 0.175 e. The second-order valence-corrected chi connectivity index (χ2v) is 4.39. The minimum atomic E-state index is -1.34. The number of hydrazine groups is 1. The van der Waals surface area contributed by atoms with Gasteiger partial charge in [-0.1, -0.05) is 18.2 Å². The normalized spacial score (nSPS) is 35.1. The van der Waals surface area contributed by atoms with Crippen LogP contribution in [0.5, 0.6) is 0 Å². The monoisotopic (exact) mass is 270 g/mol. The molecule has 19 heavy (non-hydrogen) atoms. The molecule has 0 aliphatic carbocycles. The highest BCUT2D eigenvalue weighted by Gasteiger charge is 2.43. The van der Waals surface area contributed by atoms with Gasteiger partial charge in [-0.25, -0.2) is 5.43 Å². The summed E-state index contributed by atoms with van der Waals surface area (Å²) in [6.45, 7) is -0.478. The number of aliphatic hydroxyl groups excluding tert-OH is 4. The van der Waals surface area contributed by atoms with E-state index in [4.69, 9.17) is 9.84 Å². The average molecular weight is 270 g/mol. The largest absolute Gasteiger partial charge is 0.394 e.